The molecule has 19 heavy (non-hydrogen) atoms. The summed E-state index contributed by atoms with van der Waals surface area (Å²) in [5.41, 5.74) is 0. The molecule has 1 heterocycles. The Morgan fingerprint density at radius 2 is 2.11 bits per heavy atom. The molecular formula is C15H27NO3. The molecule has 2 N–H and O–H groups in total. The molecule has 0 aromatic carbocycles. The highest BCUT2D eigenvalue weighted by molar-refractivity contribution is 4.96. The first-order valence-electron chi connectivity index (χ1n) is 7.09. The fourth-order valence-electron chi connectivity index (χ4n) is 1.77. The van der Waals surface area contributed by atoms with E-state index in [9.17, 15) is 5.11 Å². The summed E-state index contributed by atoms with van der Waals surface area (Å²) >= 11 is 0. The average Bonchev–Trinajstić information content (AvgIpc) is 2.87. The lowest BCUT2D eigenvalue weighted by molar-refractivity contribution is 0.0216. The van der Waals surface area contributed by atoms with E-state index < -0.39 is 6.10 Å². The smallest absolute Gasteiger partial charge is 0.129 e. The number of ether oxygens (including phenoxy) is 1. The molecule has 1 aromatic rings. The van der Waals surface area contributed by atoms with Gasteiger partial charge in [-0.2, -0.15) is 0 Å². The molecule has 1 aromatic heterocycles. The molecule has 110 valence electrons. The van der Waals surface area contributed by atoms with Crippen LogP contribution in [0.1, 0.15) is 39.4 Å². The normalized spacial score (nSPS) is 14.8. The van der Waals surface area contributed by atoms with Gasteiger partial charge in [0.2, 0.25) is 0 Å². The van der Waals surface area contributed by atoms with E-state index in [0.29, 0.717) is 25.8 Å². The van der Waals surface area contributed by atoms with Crippen LogP contribution in [0.15, 0.2) is 22.8 Å². The van der Waals surface area contributed by atoms with Crippen molar-refractivity contribution in [2.24, 2.45) is 5.92 Å². The fourth-order valence-corrected chi connectivity index (χ4v) is 1.77. The number of hydrogen-bond acceptors (Lipinski definition) is 4. The van der Waals surface area contributed by atoms with E-state index in [2.05, 4.69) is 26.1 Å². The topological polar surface area (TPSA) is 54.6 Å². The third-order valence-electron chi connectivity index (χ3n) is 3.01. The second-order valence-electron chi connectivity index (χ2n) is 5.53. The third kappa shape index (κ3) is 8.03. The van der Waals surface area contributed by atoms with Crippen molar-refractivity contribution in [1.29, 1.82) is 0 Å². The van der Waals surface area contributed by atoms with E-state index in [0.717, 1.165) is 18.1 Å². The van der Waals surface area contributed by atoms with Gasteiger partial charge in [-0.1, -0.05) is 13.8 Å². The summed E-state index contributed by atoms with van der Waals surface area (Å²) in [5.74, 6) is 1.51. The molecule has 0 aliphatic rings. The van der Waals surface area contributed by atoms with Crippen LogP contribution in [-0.2, 0) is 11.3 Å². The van der Waals surface area contributed by atoms with Crippen LogP contribution in [0.25, 0.3) is 0 Å². The molecule has 0 unspecified atom stereocenters. The van der Waals surface area contributed by atoms with Crippen LogP contribution in [0, 0.1) is 5.92 Å². The molecule has 0 spiro atoms. The molecular weight excluding hydrogens is 242 g/mol. The predicted molar refractivity (Wildman–Crippen MR) is 75.9 cm³/mol. The molecule has 4 nitrogen and oxygen atoms in total. The average molecular weight is 269 g/mol. The van der Waals surface area contributed by atoms with Crippen LogP contribution in [0.2, 0.25) is 0 Å². The lowest BCUT2D eigenvalue weighted by Gasteiger charge is -2.17. The van der Waals surface area contributed by atoms with Crippen molar-refractivity contribution in [3.8, 4) is 0 Å². The van der Waals surface area contributed by atoms with Gasteiger partial charge in [-0.15, -0.1) is 0 Å². The van der Waals surface area contributed by atoms with E-state index >= 15 is 0 Å². The van der Waals surface area contributed by atoms with Crippen LogP contribution in [0.5, 0.6) is 0 Å². The highest BCUT2D eigenvalue weighted by Crippen LogP contribution is 2.06. The molecule has 0 saturated carbocycles. The fraction of sp³-hybridized carbons (Fsp3) is 0.733. The van der Waals surface area contributed by atoms with Crippen molar-refractivity contribution in [1.82, 2.24) is 5.32 Å². The van der Waals surface area contributed by atoms with E-state index in [1.807, 2.05) is 12.1 Å². The SMILES string of the molecule is CC(C)CC[C@@H](C)NC[C@@H](O)COCc1ccco1. The Balaban J connectivity index is 2.02. The number of hydrogen-bond donors (Lipinski definition) is 2. The Morgan fingerprint density at radius 1 is 1.32 bits per heavy atom. The van der Waals surface area contributed by atoms with Crippen LogP contribution in [0.3, 0.4) is 0 Å². The van der Waals surface area contributed by atoms with Crippen LogP contribution in [0.4, 0.5) is 0 Å². The van der Waals surface area contributed by atoms with Gasteiger partial charge in [-0.3, -0.25) is 0 Å². The molecule has 0 aliphatic carbocycles. The highest BCUT2D eigenvalue weighted by atomic mass is 16.5. The zero-order valence-electron chi connectivity index (χ0n) is 12.3. The van der Waals surface area contributed by atoms with E-state index in [4.69, 9.17) is 9.15 Å². The maximum Gasteiger partial charge on any atom is 0.129 e. The Hall–Kier alpha value is -0.840. The number of furan rings is 1. The first-order valence-corrected chi connectivity index (χ1v) is 7.09. The van der Waals surface area contributed by atoms with Crippen molar-refractivity contribution in [2.75, 3.05) is 13.2 Å². The highest BCUT2D eigenvalue weighted by Gasteiger charge is 2.08. The van der Waals surface area contributed by atoms with Crippen molar-refractivity contribution in [3.63, 3.8) is 0 Å². The molecule has 0 saturated heterocycles. The number of rotatable bonds is 10. The lowest BCUT2D eigenvalue weighted by Crippen LogP contribution is -2.36. The summed E-state index contributed by atoms with van der Waals surface area (Å²) in [6.45, 7) is 7.90. The molecule has 0 aliphatic heterocycles. The zero-order valence-corrected chi connectivity index (χ0v) is 12.3. The van der Waals surface area contributed by atoms with E-state index in [1.54, 1.807) is 6.26 Å². The first-order chi connectivity index (χ1) is 9.08. The van der Waals surface area contributed by atoms with Crippen LogP contribution >= 0.6 is 0 Å². The Morgan fingerprint density at radius 3 is 2.74 bits per heavy atom. The van der Waals surface area contributed by atoms with Crippen LogP contribution < -0.4 is 5.32 Å². The van der Waals surface area contributed by atoms with E-state index in [1.165, 1.54) is 6.42 Å². The van der Waals surface area contributed by atoms with Crippen molar-refractivity contribution in [3.05, 3.63) is 24.2 Å². The first kappa shape index (κ1) is 16.2. The van der Waals surface area contributed by atoms with Crippen molar-refractivity contribution in [2.45, 2.75) is 52.4 Å². The van der Waals surface area contributed by atoms with Crippen LogP contribution in [-0.4, -0.2) is 30.4 Å². The minimum Gasteiger partial charge on any atom is -0.467 e. The molecule has 1 rings (SSSR count). The van der Waals surface area contributed by atoms with Gasteiger partial charge in [0.05, 0.1) is 19.0 Å². The minimum atomic E-state index is -0.475. The van der Waals surface area contributed by atoms with Crippen molar-refractivity contribution < 1.29 is 14.3 Å². The maximum absolute atomic E-state index is 9.79. The molecule has 0 radical (unpaired) electrons. The third-order valence-corrected chi connectivity index (χ3v) is 3.01. The quantitative estimate of drug-likeness (QED) is 0.685. The molecule has 0 fully saturated rings. The van der Waals surface area contributed by atoms with E-state index in [-0.39, 0.29) is 0 Å². The van der Waals surface area contributed by atoms with Gasteiger partial charge >= 0.3 is 0 Å². The maximum atomic E-state index is 9.79. The monoisotopic (exact) mass is 269 g/mol. The second-order valence-corrected chi connectivity index (χ2v) is 5.53. The molecule has 4 heteroatoms. The zero-order chi connectivity index (χ0) is 14.1. The summed E-state index contributed by atoms with van der Waals surface area (Å²) in [4.78, 5) is 0. The Labute approximate surface area is 116 Å². The summed E-state index contributed by atoms with van der Waals surface area (Å²) in [5, 5.41) is 13.1. The summed E-state index contributed by atoms with van der Waals surface area (Å²) in [7, 11) is 0. The number of nitrogens with one attached hydrogen (secondary N) is 1. The van der Waals surface area contributed by atoms with Crippen molar-refractivity contribution >= 4 is 0 Å². The number of aliphatic hydroxyl groups excluding tert-OH is 1. The predicted octanol–water partition coefficient (Wildman–Crippen LogP) is 2.57. The second kappa shape index (κ2) is 9.13. The molecule has 0 bridgehead atoms. The standard InChI is InChI=1S/C15H27NO3/c1-12(2)6-7-13(3)16-9-14(17)10-18-11-15-5-4-8-19-15/h4-5,8,12-14,16-17H,6-7,9-11H2,1-3H3/t13-,14-/m1/s1. The lowest BCUT2D eigenvalue weighted by atomic mass is 10.0. The molecule has 2 atom stereocenters. The van der Waals surface area contributed by atoms with Gasteiger partial charge in [0.25, 0.3) is 0 Å². The summed E-state index contributed by atoms with van der Waals surface area (Å²) < 4.78 is 10.5. The Bertz CT molecular complexity index is 311. The van der Waals surface area contributed by atoms with Gasteiger partial charge in [0.1, 0.15) is 12.4 Å². The summed E-state index contributed by atoms with van der Waals surface area (Å²) in [6, 6.07) is 4.12. The number of aliphatic hydroxyl groups is 1. The van der Waals surface area contributed by atoms with Gasteiger partial charge in [0, 0.05) is 12.6 Å². The molecule has 0 amide bonds. The Kier molecular flexibility index (Phi) is 7.79. The van der Waals surface area contributed by atoms with Gasteiger partial charge in [-0.05, 0) is 37.8 Å². The van der Waals surface area contributed by atoms with Gasteiger partial charge < -0.3 is 19.6 Å². The summed E-state index contributed by atoms with van der Waals surface area (Å²) in [6.07, 6.45) is 3.49. The largest absolute Gasteiger partial charge is 0.467 e. The van der Waals surface area contributed by atoms with Gasteiger partial charge in [0.15, 0.2) is 0 Å². The van der Waals surface area contributed by atoms with Gasteiger partial charge in [-0.25, -0.2) is 0 Å². The minimum absolute atomic E-state index is 0.324.